The average Bonchev–Trinajstić information content (AvgIpc) is 2.33. The predicted octanol–water partition coefficient (Wildman–Crippen LogP) is 0.372. The van der Waals surface area contributed by atoms with E-state index in [4.69, 9.17) is 11.5 Å². The molecule has 0 spiro atoms. The zero-order valence-corrected chi connectivity index (χ0v) is 10.9. The van der Waals surface area contributed by atoms with E-state index >= 15 is 0 Å². The summed E-state index contributed by atoms with van der Waals surface area (Å²) in [5, 5.41) is 0. The molecular formula is C6H16N2O3PZr+. The van der Waals surface area contributed by atoms with Gasteiger partial charge in [-0.25, -0.2) is 0 Å². The second kappa shape index (κ2) is 12.8. The minimum atomic E-state index is -1.77. The Balaban J connectivity index is 0. The molecule has 1 aliphatic rings. The van der Waals surface area contributed by atoms with Gasteiger partial charge in [0.2, 0.25) is 0 Å². The van der Waals surface area contributed by atoms with Crippen molar-refractivity contribution in [1.29, 1.82) is 0 Å². The molecule has 0 aromatic carbocycles. The Labute approximate surface area is 98.6 Å². The summed E-state index contributed by atoms with van der Waals surface area (Å²) in [6, 6.07) is 0. The zero-order chi connectivity index (χ0) is 9.23. The van der Waals surface area contributed by atoms with Crippen LogP contribution in [0.15, 0.2) is 0 Å². The van der Waals surface area contributed by atoms with Crippen LogP contribution in [-0.2, 0) is 39.8 Å². The molecule has 0 aliphatic carbocycles. The van der Waals surface area contributed by atoms with Gasteiger partial charge in [0.1, 0.15) is 13.2 Å². The Morgan fingerprint density at radius 2 is 1.46 bits per heavy atom. The molecule has 76 valence electrons. The molecule has 0 saturated carbocycles. The summed E-state index contributed by atoms with van der Waals surface area (Å²) in [4.78, 5) is 0. The summed E-state index contributed by atoms with van der Waals surface area (Å²) in [5.41, 5.74) is 9.81. The minimum absolute atomic E-state index is 0. The van der Waals surface area contributed by atoms with Gasteiger partial charge in [0, 0.05) is 43.9 Å². The maximum Gasteiger partial charge on any atom is 0.697 e. The molecule has 0 bridgehead atoms. The van der Waals surface area contributed by atoms with E-state index in [0.29, 0.717) is 26.3 Å². The third-order valence-corrected chi connectivity index (χ3v) is 1.89. The van der Waals surface area contributed by atoms with Crippen LogP contribution in [0.3, 0.4) is 0 Å². The van der Waals surface area contributed by atoms with Gasteiger partial charge in [-0.3, -0.25) is 0 Å². The second-order valence-electron chi connectivity index (χ2n) is 2.17. The molecule has 0 radical (unpaired) electrons. The van der Waals surface area contributed by atoms with E-state index in [1.807, 2.05) is 0 Å². The van der Waals surface area contributed by atoms with Gasteiger partial charge in [0.25, 0.3) is 0 Å². The molecule has 1 rings (SSSR count). The average molecular weight is 286 g/mol. The zero-order valence-electron chi connectivity index (χ0n) is 7.57. The molecular weight excluding hydrogens is 270 g/mol. The van der Waals surface area contributed by atoms with Crippen LogP contribution in [0.2, 0.25) is 0 Å². The maximum atomic E-state index is 10.4. The molecule has 0 aromatic rings. The Morgan fingerprint density at radius 3 is 1.77 bits per heavy atom. The van der Waals surface area contributed by atoms with Gasteiger partial charge < -0.3 is 11.5 Å². The molecule has 4 N–H and O–H groups in total. The number of nitrogens with two attached hydrogens (primary N) is 2. The van der Waals surface area contributed by atoms with E-state index in [1.165, 1.54) is 0 Å². The molecule has 0 unspecified atom stereocenters. The molecule has 0 aromatic heterocycles. The minimum Gasteiger partial charge on any atom is -0.329 e. The molecule has 0 atom stereocenters. The van der Waals surface area contributed by atoms with Crippen molar-refractivity contribution in [1.82, 2.24) is 0 Å². The summed E-state index contributed by atoms with van der Waals surface area (Å²) < 4.78 is 19.8. The summed E-state index contributed by atoms with van der Waals surface area (Å²) in [5.74, 6) is 0. The third kappa shape index (κ3) is 12.8. The Hall–Kier alpha value is 0.823. The number of hydrogen-bond donors (Lipinski definition) is 2. The standard InChI is InChI=1S/C4H8O3P.C2H8N2.Zr/c5-8-6-3-1-2-4-7-8;3-1-2-4;/h1-4H2;1-4H2;/q+1;;. The largest absolute Gasteiger partial charge is 0.697 e. The predicted molar refractivity (Wildman–Crippen MR) is 46.9 cm³/mol. The van der Waals surface area contributed by atoms with Crippen LogP contribution >= 0.6 is 8.25 Å². The van der Waals surface area contributed by atoms with Gasteiger partial charge in [0.15, 0.2) is 0 Å². The van der Waals surface area contributed by atoms with Crippen LogP contribution in [0.25, 0.3) is 0 Å². The van der Waals surface area contributed by atoms with E-state index in [9.17, 15) is 4.57 Å². The van der Waals surface area contributed by atoms with Gasteiger partial charge >= 0.3 is 8.25 Å². The summed E-state index contributed by atoms with van der Waals surface area (Å²) in [7, 11) is -1.77. The van der Waals surface area contributed by atoms with E-state index in [2.05, 4.69) is 9.05 Å². The quantitative estimate of drug-likeness (QED) is 0.680. The fourth-order valence-electron chi connectivity index (χ4n) is 0.520. The van der Waals surface area contributed by atoms with Crippen LogP contribution < -0.4 is 11.5 Å². The summed E-state index contributed by atoms with van der Waals surface area (Å²) >= 11 is 0. The molecule has 1 heterocycles. The van der Waals surface area contributed by atoms with Crippen molar-refractivity contribution >= 4 is 8.25 Å². The fraction of sp³-hybridized carbons (Fsp3) is 1.00. The SMILES string of the molecule is NCCN.O=[P+]1OCCCCO1.[Zr]. The third-order valence-electron chi connectivity index (χ3n) is 1.10. The van der Waals surface area contributed by atoms with Crippen molar-refractivity contribution in [2.75, 3.05) is 26.3 Å². The number of hydrogen-bond acceptors (Lipinski definition) is 5. The van der Waals surface area contributed by atoms with Crippen LogP contribution in [-0.4, -0.2) is 26.3 Å². The first-order chi connectivity index (χ1) is 5.81. The fourth-order valence-corrected chi connectivity index (χ4v) is 1.15. The molecule has 5 nitrogen and oxygen atoms in total. The van der Waals surface area contributed by atoms with Crippen molar-refractivity contribution in [3.05, 3.63) is 0 Å². The molecule has 7 heteroatoms. The smallest absolute Gasteiger partial charge is 0.329 e. The molecule has 1 aliphatic heterocycles. The van der Waals surface area contributed by atoms with Crippen LogP contribution in [0.1, 0.15) is 12.8 Å². The second-order valence-corrected chi connectivity index (χ2v) is 3.14. The summed E-state index contributed by atoms with van der Waals surface area (Å²) in [6.45, 7) is 2.35. The number of rotatable bonds is 1. The van der Waals surface area contributed by atoms with Crippen molar-refractivity contribution in [3.63, 3.8) is 0 Å². The summed E-state index contributed by atoms with van der Waals surface area (Å²) in [6.07, 6.45) is 1.92. The maximum absolute atomic E-state index is 10.4. The van der Waals surface area contributed by atoms with Crippen molar-refractivity contribution in [3.8, 4) is 0 Å². The van der Waals surface area contributed by atoms with E-state index in [1.54, 1.807) is 0 Å². The van der Waals surface area contributed by atoms with Crippen LogP contribution in [0, 0.1) is 0 Å². The van der Waals surface area contributed by atoms with E-state index in [0.717, 1.165) is 12.8 Å². The van der Waals surface area contributed by atoms with E-state index < -0.39 is 8.25 Å². The normalized spacial score (nSPS) is 16.3. The topological polar surface area (TPSA) is 87.6 Å². The molecule has 13 heavy (non-hydrogen) atoms. The van der Waals surface area contributed by atoms with Gasteiger partial charge in [-0.15, -0.1) is 9.05 Å². The molecule has 1 fully saturated rings. The first kappa shape index (κ1) is 16.3. The monoisotopic (exact) mass is 285 g/mol. The van der Waals surface area contributed by atoms with Gasteiger partial charge in [-0.05, 0) is 12.8 Å². The van der Waals surface area contributed by atoms with Gasteiger partial charge in [-0.1, -0.05) is 0 Å². The van der Waals surface area contributed by atoms with E-state index in [-0.39, 0.29) is 26.2 Å². The van der Waals surface area contributed by atoms with Gasteiger partial charge in [0.05, 0.1) is 0 Å². The van der Waals surface area contributed by atoms with Crippen molar-refractivity contribution in [2.45, 2.75) is 12.8 Å². The van der Waals surface area contributed by atoms with Crippen molar-refractivity contribution in [2.24, 2.45) is 11.5 Å². The van der Waals surface area contributed by atoms with Crippen molar-refractivity contribution < 1.29 is 39.8 Å². The molecule has 1 saturated heterocycles. The Kier molecular flexibility index (Phi) is 16.0. The van der Waals surface area contributed by atoms with Crippen LogP contribution in [0.4, 0.5) is 0 Å². The Morgan fingerprint density at radius 1 is 1.08 bits per heavy atom. The first-order valence-corrected chi connectivity index (χ1v) is 5.04. The molecule has 0 amide bonds. The first-order valence-electron chi connectivity index (χ1n) is 3.94. The van der Waals surface area contributed by atoms with Gasteiger partial charge in [-0.2, -0.15) is 0 Å². The van der Waals surface area contributed by atoms with Crippen LogP contribution in [0.5, 0.6) is 0 Å². The Bertz CT molecular complexity index is 116.